The predicted octanol–water partition coefficient (Wildman–Crippen LogP) is 2.72. The number of carbonyl (C=O) groups is 1. The first kappa shape index (κ1) is 19.3. The van der Waals surface area contributed by atoms with Gasteiger partial charge in [-0.15, -0.1) is 10.2 Å². The molecule has 150 valence electrons. The van der Waals surface area contributed by atoms with Gasteiger partial charge in [0, 0.05) is 11.6 Å². The monoisotopic (exact) mass is 391 g/mol. The molecular weight excluding hydrogens is 366 g/mol. The van der Waals surface area contributed by atoms with Crippen molar-refractivity contribution < 1.29 is 9.90 Å². The minimum atomic E-state index is -0.528. The zero-order valence-electron chi connectivity index (χ0n) is 16.2. The highest BCUT2D eigenvalue weighted by Crippen LogP contribution is 2.28. The summed E-state index contributed by atoms with van der Waals surface area (Å²) in [4.78, 5) is 14.4. The summed E-state index contributed by atoms with van der Waals surface area (Å²) in [6.07, 6.45) is 3.46. The van der Waals surface area contributed by atoms with Crippen LogP contribution in [-0.2, 0) is 4.79 Å². The first-order valence-electron chi connectivity index (χ1n) is 10.1. The van der Waals surface area contributed by atoms with Crippen molar-refractivity contribution in [2.45, 2.75) is 43.7 Å². The summed E-state index contributed by atoms with van der Waals surface area (Å²) in [6, 6.07) is 19.5. The minimum Gasteiger partial charge on any atom is -0.395 e. The minimum absolute atomic E-state index is 0.105. The SMILES string of the molecule is O=C(NC1CCC(n2nnc(-c3ccccc3)n2)CC1)C(CO)c1ccccc1. The van der Waals surface area contributed by atoms with Gasteiger partial charge in [-0.1, -0.05) is 60.7 Å². The summed E-state index contributed by atoms with van der Waals surface area (Å²) < 4.78 is 0. The Balaban J connectivity index is 1.33. The number of nitrogens with zero attached hydrogens (tertiary/aromatic N) is 4. The standard InChI is InChI=1S/C22H25N5O2/c28-15-20(16-7-3-1-4-8-16)22(29)23-18-11-13-19(14-12-18)27-25-21(24-26-27)17-9-5-2-6-10-17/h1-10,18-20,28H,11-15H2,(H,23,29). The molecule has 0 spiro atoms. The third-order valence-corrected chi connectivity index (χ3v) is 5.53. The molecule has 1 aromatic heterocycles. The highest BCUT2D eigenvalue weighted by atomic mass is 16.3. The molecular formula is C22H25N5O2. The number of aromatic nitrogens is 4. The lowest BCUT2D eigenvalue weighted by Gasteiger charge is -2.29. The third-order valence-electron chi connectivity index (χ3n) is 5.53. The van der Waals surface area contributed by atoms with Crippen molar-refractivity contribution in [2.75, 3.05) is 6.61 Å². The topological polar surface area (TPSA) is 92.9 Å². The zero-order chi connectivity index (χ0) is 20.1. The predicted molar refractivity (Wildman–Crippen MR) is 109 cm³/mol. The Morgan fingerprint density at radius 2 is 1.69 bits per heavy atom. The molecule has 0 saturated heterocycles. The molecule has 1 aliphatic carbocycles. The van der Waals surface area contributed by atoms with Crippen molar-refractivity contribution in [1.82, 2.24) is 25.5 Å². The summed E-state index contributed by atoms with van der Waals surface area (Å²) >= 11 is 0. The average Bonchev–Trinajstić information content (AvgIpc) is 3.26. The number of amides is 1. The van der Waals surface area contributed by atoms with Crippen LogP contribution in [-0.4, -0.2) is 43.9 Å². The smallest absolute Gasteiger partial charge is 0.230 e. The van der Waals surface area contributed by atoms with Gasteiger partial charge in [-0.2, -0.15) is 4.80 Å². The van der Waals surface area contributed by atoms with Crippen LogP contribution < -0.4 is 5.32 Å². The van der Waals surface area contributed by atoms with E-state index < -0.39 is 5.92 Å². The molecule has 4 rings (SSSR count). The van der Waals surface area contributed by atoms with Gasteiger partial charge in [-0.3, -0.25) is 4.79 Å². The fourth-order valence-electron chi connectivity index (χ4n) is 3.86. The van der Waals surface area contributed by atoms with Crippen LogP contribution in [0.3, 0.4) is 0 Å². The fourth-order valence-corrected chi connectivity index (χ4v) is 3.86. The molecule has 2 N–H and O–H groups in total. The van der Waals surface area contributed by atoms with Crippen LogP contribution >= 0.6 is 0 Å². The fraction of sp³-hybridized carbons (Fsp3) is 0.364. The van der Waals surface area contributed by atoms with Gasteiger partial charge < -0.3 is 10.4 Å². The molecule has 2 aromatic carbocycles. The van der Waals surface area contributed by atoms with Crippen molar-refractivity contribution >= 4 is 5.91 Å². The van der Waals surface area contributed by atoms with E-state index in [9.17, 15) is 9.90 Å². The summed E-state index contributed by atoms with van der Waals surface area (Å²) in [5, 5.41) is 25.8. The van der Waals surface area contributed by atoms with Crippen LogP contribution in [0.15, 0.2) is 60.7 Å². The van der Waals surface area contributed by atoms with Crippen molar-refractivity contribution in [3.63, 3.8) is 0 Å². The maximum Gasteiger partial charge on any atom is 0.230 e. The summed E-state index contributed by atoms with van der Waals surface area (Å²) in [6.45, 7) is -0.198. The van der Waals surface area contributed by atoms with Crippen molar-refractivity contribution in [2.24, 2.45) is 0 Å². The number of rotatable bonds is 6. The number of aliphatic hydroxyl groups excluding tert-OH is 1. The van der Waals surface area contributed by atoms with E-state index in [1.54, 1.807) is 4.80 Å². The Kier molecular flexibility index (Phi) is 5.95. The first-order valence-corrected chi connectivity index (χ1v) is 10.1. The van der Waals surface area contributed by atoms with E-state index in [4.69, 9.17) is 0 Å². The normalized spacial score (nSPS) is 20.2. The highest BCUT2D eigenvalue weighted by molar-refractivity contribution is 5.84. The van der Waals surface area contributed by atoms with Crippen LogP contribution in [0, 0.1) is 0 Å². The molecule has 7 heteroatoms. The number of hydrogen-bond acceptors (Lipinski definition) is 5. The van der Waals surface area contributed by atoms with E-state index in [1.165, 1.54) is 0 Å². The molecule has 1 heterocycles. The van der Waals surface area contributed by atoms with Gasteiger partial charge >= 0.3 is 0 Å². The number of tetrazole rings is 1. The Bertz CT molecular complexity index is 921. The van der Waals surface area contributed by atoms with E-state index in [0.717, 1.165) is 36.8 Å². The second-order valence-corrected chi connectivity index (χ2v) is 7.46. The Labute approximate surface area is 169 Å². The second kappa shape index (κ2) is 8.96. The Hall–Kier alpha value is -3.06. The molecule has 3 aromatic rings. The van der Waals surface area contributed by atoms with E-state index in [0.29, 0.717) is 5.82 Å². The van der Waals surface area contributed by atoms with Crippen molar-refractivity contribution in [1.29, 1.82) is 0 Å². The van der Waals surface area contributed by atoms with Gasteiger partial charge in [0.15, 0.2) is 0 Å². The van der Waals surface area contributed by atoms with Gasteiger partial charge in [0.05, 0.1) is 18.6 Å². The molecule has 0 bridgehead atoms. The quantitative estimate of drug-likeness (QED) is 0.674. The van der Waals surface area contributed by atoms with E-state index in [-0.39, 0.29) is 24.6 Å². The number of nitrogens with one attached hydrogen (secondary N) is 1. The van der Waals surface area contributed by atoms with Crippen LogP contribution in [0.5, 0.6) is 0 Å². The number of hydrogen-bond donors (Lipinski definition) is 2. The Morgan fingerprint density at radius 3 is 2.34 bits per heavy atom. The lowest BCUT2D eigenvalue weighted by atomic mass is 9.90. The Morgan fingerprint density at radius 1 is 1.03 bits per heavy atom. The van der Waals surface area contributed by atoms with Crippen molar-refractivity contribution in [3.05, 3.63) is 66.2 Å². The average molecular weight is 391 g/mol. The lowest BCUT2D eigenvalue weighted by molar-refractivity contribution is -0.124. The maximum absolute atomic E-state index is 12.6. The molecule has 1 unspecified atom stereocenters. The molecule has 1 amide bonds. The van der Waals surface area contributed by atoms with Gasteiger partial charge in [-0.05, 0) is 36.5 Å². The van der Waals surface area contributed by atoms with E-state index in [1.807, 2.05) is 60.7 Å². The molecule has 1 fully saturated rings. The first-order chi connectivity index (χ1) is 14.2. The summed E-state index contributed by atoms with van der Waals surface area (Å²) in [5.41, 5.74) is 1.79. The van der Waals surface area contributed by atoms with Crippen LogP contribution in [0.1, 0.15) is 43.2 Å². The van der Waals surface area contributed by atoms with Crippen LogP contribution in [0.2, 0.25) is 0 Å². The molecule has 0 aliphatic heterocycles. The molecule has 7 nitrogen and oxygen atoms in total. The molecule has 1 saturated carbocycles. The maximum atomic E-state index is 12.6. The molecule has 29 heavy (non-hydrogen) atoms. The van der Waals surface area contributed by atoms with Gasteiger partial charge in [-0.25, -0.2) is 0 Å². The number of carbonyl (C=O) groups excluding carboxylic acids is 1. The van der Waals surface area contributed by atoms with Crippen LogP contribution in [0.4, 0.5) is 0 Å². The van der Waals surface area contributed by atoms with Gasteiger partial charge in [0.1, 0.15) is 0 Å². The van der Waals surface area contributed by atoms with Gasteiger partial charge in [0.25, 0.3) is 0 Å². The third kappa shape index (κ3) is 4.51. The highest BCUT2D eigenvalue weighted by Gasteiger charge is 2.28. The molecule has 0 radical (unpaired) electrons. The van der Waals surface area contributed by atoms with E-state index >= 15 is 0 Å². The molecule has 1 atom stereocenters. The number of benzene rings is 2. The van der Waals surface area contributed by atoms with Crippen molar-refractivity contribution in [3.8, 4) is 11.4 Å². The van der Waals surface area contributed by atoms with E-state index in [2.05, 4.69) is 20.7 Å². The summed E-state index contributed by atoms with van der Waals surface area (Å²) in [7, 11) is 0. The summed E-state index contributed by atoms with van der Waals surface area (Å²) in [5.74, 6) is -0.0126. The number of aliphatic hydroxyl groups is 1. The van der Waals surface area contributed by atoms with Gasteiger partial charge in [0.2, 0.25) is 11.7 Å². The lowest BCUT2D eigenvalue weighted by Crippen LogP contribution is -2.41. The van der Waals surface area contributed by atoms with Crippen LogP contribution in [0.25, 0.3) is 11.4 Å². The largest absolute Gasteiger partial charge is 0.395 e. The molecule has 1 aliphatic rings. The zero-order valence-corrected chi connectivity index (χ0v) is 16.2. The second-order valence-electron chi connectivity index (χ2n) is 7.46.